The van der Waals surface area contributed by atoms with Gasteiger partial charge in [0, 0.05) is 6.26 Å². The van der Waals surface area contributed by atoms with E-state index in [1.165, 1.54) is 13.2 Å². The fraction of sp³-hybridized carbons (Fsp3) is 0.333. The zero-order valence-electron chi connectivity index (χ0n) is 15.8. The van der Waals surface area contributed by atoms with Crippen molar-refractivity contribution in [2.75, 3.05) is 6.26 Å². The molecule has 27 heavy (non-hydrogen) atoms. The van der Waals surface area contributed by atoms with E-state index in [2.05, 4.69) is 5.32 Å². The molecule has 0 radical (unpaired) electrons. The second-order valence-corrected chi connectivity index (χ2v) is 7.61. The van der Waals surface area contributed by atoms with Crippen molar-refractivity contribution < 1.29 is 18.5 Å². The SMILES string of the molecule is CCC[C@H](NC(=O)[C@@H](C)OC(=O)c1ccccc1[S@@](C)=O)c1ccccc1. The van der Waals surface area contributed by atoms with Gasteiger partial charge in [0.2, 0.25) is 0 Å². The second-order valence-electron chi connectivity index (χ2n) is 6.26. The third-order valence-corrected chi connectivity index (χ3v) is 5.14. The van der Waals surface area contributed by atoms with Crippen molar-refractivity contribution in [1.82, 2.24) is 5.32 Å². The fourth-order valence-corrected chi connectivity index (χ4v) is 3.48. The van der Waals surface area contributed by atoms with Crippen LogP contribution in [0.2, 0.25) is 0 Å². The Labute approximate surface area is 162 Å². The van der Waals surface area contributed by atoms with Gasteiger partial charge < -0.3 is 10.1 Å². The number of amides is 1. The number of rotatable bonds is 8. The molecular weight excluding hydrogens is 362 g/mol. The van der Waals surface area contributed by atoms with Gasteiger partial charge in [-0.3, -0.25) is 9.00 Å². The van der Waals surface area contributed by atoms with E-state index in [0.29, 0.717) is 4.90 Å². The number of ether oxygens (including phenoxy) is 1. The quantitative estimate of drug-likeness (QED) is 0.702. The van der Waals surface area contributed by atoms with Gasteiger partial charge >= 0.3 is 5.97 Å². The number of esters is 1. The Bertz CT molecular complexity index is 807. The van der Waals surface area contributed by atoms with E-state index in [9.17, 15) is 13.8 Å². The van der Waals surface area contributed by atoms with Crippen LogP contribution in [0, 0.1) is 0 Å². The first kappa shape index (κ1) is 20.8. The van der Waals surface area contributed by atoms with Crippen molar-refractivity contribution in [1.29, 1.82) is 0 Å². The van der Waals surface area contributed by atoms with Crippen LogP contribution < -0.4 is 5.32 Å². The largest absolute Gasteiger partial charge is 0.449 e. The molecule has 0 unspecified atom stereocenters. The Morgan fingerprint density at radius 3 is 2.33 bits per heavy atom. The number of benzene rings is 2. The molecule has 0 saturated heterocycles. The normalized spacial score (nSPS) is 14.0. The highest BCUT2D eigenvalue weighted by molar-refractivity contribution is 7.84. The first-order valence-electron chi connectivity index (χ1n) is 8.92. The van der Waals surface area contributed by atoms with Gasteiger partial charge in [0.1, 0.15) is 0 Å². The lowest BCUT2D eigenvalue weighted by molar-refractivity contribution is -0.129. The van der Waals surface area contributed by atoms with E-state index >= 15 is 0 Å². The van der Waals surface area contributed by atoms with Crippen molar-refractivity contribution in [2.45, 2.75) is 43.7 Å². The van der Waals surface area contributed by atoms with Crippen molar-refractivity contribution >= 4 is 22.7 Å². The lowest BCUT2D eigenvalue weighted by Crippen LogP contribution is -2.38. The van der Waals surface area contributed by atoms with Crippen LogP contribution >= 0.6 is 0 Å². The maximum atomic E-state index is 12.5. The van der Waals surface area contributed by atoms with Crippen molar-refractivity contribution in [3.8, 4) is 0 Å². The van der Waals surface area contributed by atoms with Gasteiger partial charge in [0.25, 0.3) is 5.91 Å². The molecule has 0 fully saturated rings. The molecule has 0 saturated carbocycles. The average Bonchev–Trinajstić information content (AvgIpc) is 2.68. The van der Waals surface area contributed by atoms with E-state index in [1.54, 1.807) is 24.3 Å². The van der Waals surface area contributed by atoms with E-state index < -0.39 is 22.9 Å². The van der Waals surface area contributed by atoms with Gasteiger partial charge in [0.05, 0.1) is 27.3 Å². The zero-order valence-corrected chi connectivity index (χ0v) is 16.6. The maximum absolute atomic E-state index is 12.5. The lowest BCUT2D eigenvalue weighted by Gasteiger charge is -2.21. The third-order valence-electron chi connectivity index (χ3n) is 4.17. The van der Waals surface area contributed by atoms with Crippen molar-refractivity contribution in [3.05, 3.63) is 65.7 Å². The number of nitrogens with one attached hydrogen (secondary N) is 1. The maximum Gasteiger partial charge on any atom is 0.340 e. The summed E-state index contributed by atoms with van der Waals surface area (Å²) >= 11 is 0. The van der Waals surface area contributed by atoms with E-state index in [1.807, 2.05) is 37.3 Å². The summed E-state index contributed by atoms with van der Waals surface area (Å²) in [5.41, 5.74) is 1.23. The minimum Gasteiger partial charge on any atom is -0.449 e. The highest BCUT2D eigenvalue weighted by atomic mass is 32.2. The molecular formula is C21H25NO4S. The van der Waals surface area contributed by atoms with E-state index in [4.69, 9.17) is 4.74 Å². The van der Waals surface area contributed by atoms with Gasteiger partial charge in [-0.2, -0.15) is 0 Å². The Morgan fingerprint density at radius 2 is 1.70 bits per heavy atom. The molecule has 2 aromatic carbocycles. The van der Waals surface area contributed by atoms with Crippen LogP contribution in [0.15, 0.2) is 59.5 Å². The minimum absolute atomic E-state index is 0.139. The smallest absolute Gasteiger partial charge is 0.340 e. The molecule has 2 rings (SSSR count). The van der Waals surface area contributed by atoms with Crippen molar-refractivity contribution in [2.24, 2.45) is 0 Å². The molecule has 0 bridgehead atoms. The molecule has 5 nitrogen and oxygen atoms in total. The monoisotopic (exact) mass is 387 g/mol. The highest BCUT2D eigenvalue weighted by Crippen LogP contribution is 2.19. The average molecular weight is 388 g/mol. The standard InChI is InChI=1S/C21H25NO4S/c1-4-10-18(16-11-6-5-7-12-16)22-20(23)15(2)26-21(24)17-13-8-9-14-19(17)27(3)25/h5-9,11-15,18H,4,10H2,1-3H3,(H,22,23)/t15-,18+,27-/m1/s1. The van der Waals surface area contributed by atoms with Crippen LogP contribution in [0.5, 0.6) is 0 Å². The van der Waals surface area contributed by atoms with Crippen LogP contribution in [0.1, 0.15) is 48.7 Å². The number of carbonyl (C=O) groups excluding carboxylic acids is 2. The molecule has 0 aliphatic rings. The summed E-state index contributed by atoms with van der Waals surface area (Å²) in [6.07, 6.45) is 2.23. The molecule has 1 N–H and O–H groups in total. The number of hydrogen-bond donors (Lipinski definition) is 1. The number of hydrogen-bond acceptors (Lipinski definition) is 4. The molecule has 3 atom stereocenters. The Hall–Kier alpha value is -2.47. The molecule has 0 spiro atoms. The van der Waals surface area contributed by atoms with E-state index in [-0.39, 0.29) is 17.5 Å². The van der Waals surface area contributed by atoms with Gasteiger partial charge in [-0.15, -0.1) is 0 Å². The van der Waals surface area contributed by atoms with Crippen LogP contribution in [-0.4, -0.2) is 28.4 Å². The summed E-state index contributed by atoms with van der Waals surface area (Å²) in [5, 5.41) is 2.95. The van der Waals surface area contributed by atoms with Gasteiger partial charge in [-0.1, -0.05) is 55.8 Å². The van der Waals surface area contributed by atoms with Gasteiger partial charge in [0.15, 0.2) is 6.10 Å². The van der Waals surface area contributed by atoms with Gasteiger partial charge in [-0.25, -0.2) is 4.79 Å². The Balaban J connectivity index is 2.06. The van der Waals surface area contributed by atoms with E-state index in [0.717, 1.165) is 18.4 Å². The summed E-state index contributed by atoms with van der Waals surface area (Å²) in [4.78, 5) is 25.4. The summed E-state index contributed by atoms with van der Waals surface area (Å²) in [6, 6.07) is 16.1. The minimum atomic E-state index is -1.32. The zero-order chi connectivity index (χ0) is 19.8. The summed E-state index contributed by atoms with van der Waals surface area (Å²) in [7, 11) is -1.32. The van der Waals surface area contributed by atoms with Crippen LogP contribution in [0.4, 0.5) is 0 Å². The molecule has 0 heterocycles. The van der Waals surface area contributed by atoms with Crippen LogP contribution in [-0.2, 0) is 20.3 Å². The first-order valence-corrected chi connectivity index (χ1v) is 10.5. The van der Waals surface area contributed by atoms with Crippen molar-refractivity contribution in [3.63, 3.8) is 0 Å². The predicted molar refractivity (Wildman–Crippen MR) is 106 cm³/mol. The molecule has 0 aliphatic carbocycles. The molecule has 2 aromatic rings. The summed E-state index contributed by atoms with van der Waals surface area (Å²) in [6.45, 7) is 3.58. The molecule has 1 amide bonds. The topological polar surface area (TPSA) is 72.5 Å². The van der Waals surface area contributed by atoms with Crippen LogP contribution in [0.25, 0.3) is 0 Å². The summed E-state index contributed by atoms with van der Waals surface area (Å²) < 4.78 is 17.1. The number of carbonyl (C=O) groups is 2. The van der Waals surface area contributed by atoms with Gasteiger partial charge in [-0.05, 0) is 31.0 Å². The third kappa shape index (κ3) is 5.76. The molecule has 144 valence electrons. The second kappa shape index (κ2) is 10.0. The Kier molecular flexibility index (Phi) is 7.73. The lowest BCUT2D eigenvalue weighted by atomic mass is 10.0. The highest BCUT2D eigenvalue weighted by Gasteiger charge is 2.23. The van der Waals surface area contributed by atoms with Crippen LogP contribution in [0.3, 0.4) is 0 Å². The molecule has 0 aromatic heterocycles. The Morgan fingerprint density at radius 1 is 1.07 bits per heavy atom. The summed E-state index contributed by atoms with van der Waals surface area (Å²) in [5.74, 6) is -1.02. The molecule has 6 heteroatoms. The molecule has 0 aliphatic heterocycles. The fourth-order valence-electron chi connectivity index (χ4n) is 2.75. The first-order chi connectivity index (χ1) is 12.9. The predicted octanol–water partition coefficient (Wildman–Crippen LogP) is 3.63.